The summed E-state index contributed by atoms with van der Waals surface area (Å²) in [6, 6.07) is 9.67. The molecule has 2 rings (SSSR count). The first kappa shape index (κ1) is 15.1. The van der Waals surface area contributed by atoms with Crippen LogP contribution in [0.3, 0.4) is 0 Å². The van der Waals surface area contributed by atoms with Gasteiger partial charge in [0, 0.05) is 10.5 Å². The molecule has 0 aliphatic rings. The first-order valence-electron chi connectivity index (χ1n) is 5.83. The Morgan fingerprint density at radius 1 is 1.29 bits per heavy atom. The van der Waals surface area contributed by atoms with Gasteiger partial charge in [-0.2, -0.15) is 0 Å². The maximum atomic E-state index is 13.4. The molecule has 0 bridgehead atoms. The lowest BCUT2D eigenvalue weighted by atomic mass is 10.1. The molecule has 7 heteroatoms. The lowest BCUT2D eigenvalue weighted by molar-refractivity contribution is -0.385. The third kappa shape index (κ3) is 3.63. The number of nitro benzene ring substituents is 1. The fraction of sp³-hybridized carbons (Fsp3) is 0.0714. The Balaban J connectivity index is 2.15. The van der Waals surface area contributed by atoms with E-state index in [0.717, 1.165) is 6.07 Å². The molecule has 2 aromatic rings. The molecular formula is C14H9BrFNO4. The Bertz CT molecular complexity index is 705. The van der Waals surface area contributed by atoms with Gasteiger partial charge in [0.2, 0.25) is 5.78 Å². The van der Waals surface area contributed by atoms with E-state index in [1.165, 1.54) is 30.3 Å². The van der Waals surface area contributed by atoms with E-state index in [4.69, 9.17) is 4.74 Å². The van der Waals surface area contributed by atoms with Crippen LogP contribution in [0, 0.1) is 15.9 Å². The van der Waals surface area contributed by atoms with Crippen molar-refractivity contribution in [3.8, 4) is 5.75 Å². The molecule has 0 aliphatic carbocycles. The van der Waals surface area contributed by atoms with E-state index in [-0.39, 0.29) is 17.0 Å². The molecule has 108 valence electrons. The van der Waals surface area contributed by atoms with Crippen molar-refractivity contribution in [3.63, 3.8) is 0 Å². The van der Waals surface area contributed by atoms with E-state index in [1.807, 2.05) is 0 Å². The molecule has 0 unspecified atom stereocenters. The van der Waals surface area contributed by atoms with E-state index in [0.29, 0.717) is 4.47 Å². The average Bonchev–Trinajstić information content (AvgIpc) is 2.46. The number of carbonyl (C=O) groups excluding carboxylic acids is 1. The molecule has 0 spiro atoms. The maximum Gasteiger partial charge on any atom is 0.312 e. The zero-order valence-electron chi connectivity index (χ0n) is 10.6. The highest BCUT2D eigenvalue weighted by Gasteiger charge is 2.18. The molecular weight excluding hydrogens is 345 g/mol. The van der Waals surface area contributed by atoms with Crippen LogP contribution in [-0.4, -0.2) is 17.3 Å². The lowest BCUT2D eigenvalue weighted by Gasteiger charge is -2.07. The van der Waals surface area contributed by atoms with Crippen LogP contribution in [0.4, 0.5) is 10.1 Å². The molecule has 0 heterocycles. The Hall–Kier alpha value is -2.28. The lowest BCUT2D eigenvalue weighted by Crippen LogP contribution is -2.13. The van der Waals surface area contributed by atoms with Gasteiger partial charge in [-0.3, -0.25) is 14.9 Å². The summed E-state index contributed by atoms with van der Waals surface area (Å²) < 4.78 is 19.1. The van der Waals surface area contributed by atoms with Gasteiger partial charge in [0.05, 0.1) is 10.5 Å². The largest absolute Gasteiger partial charge is 0.478 e. The standard InChI is InChI=1S/C14H9BrFNO4/c15-9-5-6-14(12(7-9)17(19)20)21-8-13(18)10-3-1-2-4-11(10)16/h1-7H,8H2. The molecule has 5 nitrogen and oxygen atoms in total. The predicted octanol–water partition coefficient (Wildman–Crippen LogP) is 3.76. The molecule has 0 fully saturated rings. The first-order chi connectivity index (χ1) is 9.99. The van der Waals surface area contributed by atoms with Crippen molar-refractivity contribution in [1.82, 2.24) is 0 Å². The van der Waals surface area contributed by atoms with Crippen molar-refractivity contribution in [2.24, 2.45) is 0 Å². The van der Waals surface area contributed by atoms with Crippen molar-refractivity contribution < 1.29 is 18.8 Å². The molecule has 2 aromatic carbocycles. The fourth-order valence-corrected chi connectivity index (χ4v) is 2.01. The van der Waals surface area contributed by atoms with Crippen LogP contribution in [0.1, 0.15) is 10.4 Å². The predicted molar refractivity (Wildman–Crippen MR) is 77.0 cm³/mol. The van der Waals surface area contributed by atoms with Crippen molar-refractivity contribution >= 4 is 27.4 Å². The Kier molecular flexibility index (Phi) is 4.64. The van der Waals surface area contributed by atoms with Gasteiger partial charge < -0.3 is 4.74 Å². The summed E-state index contributed by atoms with van der Waals surface area (Å²) in [6.45, 7) is -0.483. The van der Waals surface area contributed by atoms with Gasteiger partial charge in [0.1, 0.15) is 5.82 Å². The summed E-state index contributed by atoms with van der Waals surface area (Å²) in [5.74, 6) is -1.30. The highest BCUT2D eigenvalue weighted by Crippen LogP contribution is 2.30. The van der Waals surface area contributed by atoms with Crippen molar-refractivity contribution in [2.45, 2.75) is 0 Å². The summed E-state index contributed by atoms with van der Waals surface area (Å²) in [5, 5.41) is 10.9. The highest BCUT2D eigenvalue weighted by atomic mass is 79.9. The third-order valence-corrected chi connectivity index (χ3v) is 3.14. The topological polar surface area (TPSA) is 69.4 Å². The summed E-state index contributed by atoms with van der Waals surface area (Å²) >= 11 is 3.11. The van der Waals surface area contributed by atoms with Crippen LogP contribution in [0.15, 0.2) is 46.9 Å². The van der Waals surface area contributed by atoms with Gasteiger partial charge in [-0.05, 0) is 24.3 Å². The maximum absolute atomic E-state index is 13.4. The Morgan fingerprint density at radius 2 is 2.00 bits per heavy atom. The summed E-state index contributed by atoms with van der Waals surface area (Å²) in [7, 11) is 0. The monoisotopic (exact) mass is 353 g/mol. The van der Waals surface area contributed by atoms with E-state index >= 15 is 0 Å². The average molecular weight is 354 g/mol. The molecule has 0 saturated heterocycles. The van der Waals surface area contributed by atoms with Gasteiger partial charge in [-0.15, -0.1) is 0 Å². The number of Topliss-reactive ketones (excluding diaryl/α,β-unsaturated/α-hetero) is 1. The van der Waals surface area contributed by atoms with Crippen LogP contribution in [-0.2, 0) is 0 Å². The van der Waals surface area contributed by atoms with E-state index in [2.05, 4.69) is 15.9 Å². The minimum atomic E-state index is -0.656. The van der Waals surface area contributed by atoms with Crippen LogP contribution in [0.25, 0.3) is 0 Å². The quantitative estimate of drug-likeness (QED) is 0.466. The minimum absolute atomic E-state index is 0.0483. The zero-order chi connectivity index (χ0) is 15.4. The first-order valence-corrected chi connectivity index (χ1v) is 6.63. The van der Waals surface area contributed by atoms with Gasteiger partial charge in [0.25, 0.3) is 0 Å². The minimum Gasteiger partial charge on any atom is -0.478 e. The molecule has 0 aliphatic heterocycles. The number of halogens is 2. The normalized spacial score (nSPS) is 10.2. The number of benzene rings is 2. The SMILES string of the molecule is O=C(COc1ccc(Br)cc1[N+](=O)[O-])c1ccccc1F. The smallest absolute Gasteiger partial charge is 0.312 e. The van der Waals surface area contributed by atoms with Crippen molar-refractivity contribution in [1.29, 1.82) is 0 Å². The van der Waals surface area contributed by atoms with Crippen LogP contribution in [0.5, 0.6) is 5.75 Å². The number of ketones is 1. The number of hydrogen-bond acceptors (Lipinski definition) is 4. The van der Waals surface area contributed by atoms with Crippen molar-refractivity contribution in [3.05, 3.63) is 68.4 Å². The molecule has 0 saturated carbocycles. The summed E-state index contributed by atoms with van der Waals surface area (Å²) in [4.78, 5) is 22.1. The van der Waals surface area contributed by atoms with E-state index in [1.54, 1.807) is 6.07 Å². The summed E-state index contributed by atoms with van der Waals surface area (Å²) in [6.07, 6.45) is 0. The second-order valence-electron chi connectivity index (χ2n) is 4.06. The van der Waals surface area contributed by atoms with Crippen LogP contribution in [0.2, 0.25) is 0 Å². The highest BCUT2D eigenvalue weighted by molar-refractivity contribution is 9.10. The molecule has 0 aromatic heterocycles. The fourth-order valence-electron chi connectivity index (χ4n) is 1.66. The number of carbonyl (C=O) groups is 1. The number of nitro groups is 1. The molecule has 0 N–H and O–H groups in total. The molecule has 0 atom stereocenters. The number of nitrogens with zero attached hydrogens (tertiary/aromatic N) is 1. The molecule has 0 amide bonds. The Labute approximate surface area is 127 Å². The van der Waals surface area contributed by atoms with Gasteiger partial charge in [-0.25, -0.2) is 4.39 Å². The van der Waals surface area contributed by atoms with Crippen LogP contribution >= 0.6 is 15.9 Å². The van der Waals surface area contributed by atoms with E-state index in [9.17, 15) is 19.3 Å². The summed E-state index contributed by atoms with van der Waals surface area (Å²) in [5.41, 5.74) is -0.386. The second kappa shape index (κ2) is 6.45. The van der Waals surface area contributed by atoms with Crippen molar-refractivity contribution in [2.75, 3.05) is 6.61 Å². The van der Waals surface area contributed by atoms with Gasteiger partial charge >= 0.3 is 5.69 Å². The van der Waals surface area contributed by atoms with Gasteiger partial charge in [-0.1, -0.05) is 28.1 Å². The number of ether oxygens (including phenoxy) is 1. The van der Waals surface area contributed by atoms with Gasteiger partial charge in [0.15, 0.2) is 12.4 Å². The van der Waals surface area contributed by atoms with Crippen LogP contribution < -0.4 is 4.74 Å². The zero-order valence-corrected chi connectivity index (χ0v) is 12.2. The number of hydrogen-bond donors (Lipinski definition) is 0. The molecule has 21 heavy (non-hydrogen) atoms. The number of rotatable bonds is 5. The molecule has 0 radical (unpaired) electrons. The third-order valence-electron chi connectivity index (χ3n) is 2.65. The Morgan fingerprint density at radius 3 is 2.67 bits per heavy atom. The van der Waals surface area contributed by atoms with E-state index < -0.39 is 23.1 Å². The second-order valence-corrected chi connectivity index (χ2v) is 4.98.